The van der Waals surface area contributed by atoms with E-state index in [-0.39, 0.29) is 0 Å². The lowest BCUT2D eigenvalue weighted by Crippen LogP contribution is -2.43. The molecule has 70 valence electrons. The summed E-state index contributed by atoms with van der Waals surface area (Å²) in [6, 6.07) is 1.27. The Bertz CT molecular complexity index is 288. The average molecular weight is 181 g/mol. The summed E-state index contributed by atoms with van der Waals surface area (Å²) in [5.74, 6) is -1.02. The van der Waals surface area contributed by atoms with Crippen LogP contribution in [0, 0.1) is 16.7 Å². The van der Waals surface area contributed by atoms with Gasteiger partial charge in [0, 0.05) is 0 Å². The zero-order valence-electron chi connectivity index (χ0n) is 7.33. The van der Waals surface area contributed by atoms with Gasteiger partial charge >= 0.3 is 0 Å². The van der Waals surface area contributed by atoms with Crippen LogP contribution in [0.25, 0.3) is 0 Å². The number of carbonyl (C=O) groups is 2. The standard InChI is InChI=1S/C8H11N3O2/c1-5(4-9)11-7(13)8(2-3-8)6(10)12/h5H,2-3H2,1H3,(H2,10,12)(H,11,13). The molecule has 3 N–H and O–H groups in total. The van der Waals surface area contributed by atoms with E-state index in [2.05, 4.69) is 5.32 Å². The van der Waals surface area contributed by atoms with Crippen molar-refractivity contribution in [1.82, 2.24) is 5.32 Å². The third kappa shape index (κ3) is 1.61. The van der Waals surface area contributed by atoms with E-state index < -0.39 is 23.3 Å². The maximum absolute atomic E-state index is 11.4. The molecule has 0 aromatic rings. The lowest BCUT2D eigenvalue weighted by molar-refractivity contribution is -0.135. The maximum atomic E-state index is 11.4. The predicted octanol–water partition coefficient (Wildman–Crippen LogP) is -0.720. The summed E-state index contributed by atoms with van der Waals surface area (Å²) in [7, 11) is 0. The van der Waals surface area contributed by atoms with Crippen LogP contribution in [0.5, 0.6) is 0 Å². The molecule has 1 atom stereocenters. The van der Waals surface area contributed by atoms with Gasteiger partial charge in [0.25, 0.3) is 0 Å². The SMILES string of the molecule is CC(C#N)NC(=O)C1(C(N)=O)CC1. The van der Waals surface area contributed by atoms with Gasteiger partial charge in [-0.1, -0.05) is 0 Å². The molecule has 2 amide bonds. The first kappa shape index (κ1) is 9.52. The Morgan fingerprint density at radius 3 is 2.46 bits per heavy atom. The first-order valence-electron chi connectivity index (χ1n) is 4.03. The van der Waals surface area contributed by atoms with Crippen LogP contribution in [0.2, 0.25) is 0 Å². The van der Waals surface area contributed by atoms with Crippen molar-refractivity contribution in [3.63, 3.8) is 0 Å². The molecule has 0 saturated heterocycles. The second kappa shape index (κ2) is 3.05. The van der Waals surface area contributed by atoms with Crippen molar-refractivity contribution in [3.8, 4) is 6.07 Å². The summed E-state index contributed by atoms with van der Waals surface area (Å²) >= 11 is 0. The lowest BCUT2D eigenvalue weighted by atomic mass is 10.1. The van der Waals surface area contributed by atoms with Crippen molar-refractivity contribution in [3.05, 3.63) is 0 Å². The zero-order chi connectivity index (χ0) is 10.1. The minimum atomic E-state index is -1.02. The molecule has 0 bridgehead atoms. The van der Waals surface area contributed by atoms with Crippen LogP contribution >= 0.6 is 0 Å². The number of amides is 2. The van der Waals surface area contributed by atoms with E-state index in [1.807, 2.05) is 6.07 Å². The Labute approximate surface area is 75.9 Å². The summed E-state index contributed by atoms with van der Waals surface area (Å²) < 4.78 is 0. The van der Waals surface area contributed by atoms with Crippen LogP contribution in [-0.2, 0) is 9.59 Å². The smallest absolute Gasteiger partial charge is 0.236 e. The first-order valence-corrected chi connectivity index (χ1v) is 4.03. The third-order valence-corrected chi connectivity index (χ3v) is 2.20. The monoisotopic (exact) mass is 181 g/mol. The van der Waals surface area contributed by atoms with Gasteiger partial charge in [0.1, 0.15) is 11.5 Å². The number of primary amides is 1. The summed E-state index contributed by atoms with van der Waals surface area (Å²) in [5.41, 5.74) is 4.05. The van der Waals surface area contributed by atoms with E-state index in [1.54, 1.807) is 6.92 Å². The fraction of sp³-hybridized carbons (Fsp3) is 0.625. The molecule has 0 radical (unpaired) electrons. The second-order valence-corrected chi connectivity index (χ2v) is 3.27. The van der Waals surface area contributed by atoms with Gasteiger partial charge < -0.3 is 11.1 Å². The van der Waals surface area contributed by atoms with E-state index in [4.69, 9.17) is 11.0 Å². The molecule has 13 heavy (non-hydrogen) atoms. The van der Waals surface area contributed by atoms with Gasteiger partial charge in [0.2, 0.25) is 11.8 Å². The summed E-state index contributed by atoms with van der Waals surface area (Å²) in [6.07, 6.45) is 0.985. The highest BCUT2D eigenvalue weighted by atomic mass is 16.2. The number of hydrogen-bond donors (Lipinski definition) is 2. The molecule has 0 heterocycles. The van der Waals surface area contributed by atoms with Crippen LogP contribution < -0.4 is 11.1 Å². The zero-order valence-corrected chi connectivity index (χ0v) is 7.33. The molecule has 0 spiro atoms. The largest absolute Gasteiger partial charge is 0.369 e. The van der Waals surface area contributed by atoms with Gasteiger partial charge in [0.05, 0.1) is 6.07 Å². The normalized spacial score (nSPS) is 19.7. The number of rotatable bonds is 3. The molecule has 1 aliphatic carbocycles. The van der Waals surface area contributed by atoms with Gasteiger partial charge in [-0.3, -0.25) is 9.59 Å². The van der Waals surface area contributed by atoms with E-state index >= 15 is 0 Å². The highest BCUT2D eigenvalue weighted by Crippen LogP contribution is 2.45. The topological polar surface area (TPSA) is 96.0 Å². The van der Waals surface area contributed by atoms with Crippen LogP contribution in [0.1, 0.15) is 19.8 Å². The Morgan fingerprint density at radius 1 is 1.62 bits per heavy atom. The van der Waals surface area contributed by atoms with Gasteiger partial charge in [0.15, 0.2) is 0 Å². The summed E-state index contributed by atoms with van der Waals surface area (Å²) in [5, 5.41) is 10.8. The van der Waals surface area contributed by atoms with E-state index in [0.717, 1.165) is 0 Å². The lowest BCUT2D eigenvalue weighted by Gasteiger charge is -2.12. The van der Waals surface area contributed by atoms with Crippen molar-refractivity contribution in [1.29, 1.82) is 5.26 Å². The highest BCUT2D eigenvalue weighted by molar-refractivity contribution is 6.07. The van der Waals surface area contributed by atoms with Crippen LogP contribution in [0.3, 0.4) is 0 Å². The highest BCUT2D eigenvalue weighted by Gasteiger charge is 2.55. The van der Waals surface area contributed by atoms with E-state index in [9.17, 15) is 9.59 Å². The molecule has 1 rings (SSSR count). The number of nitriles is 1. The molecule has 5 heteroatoms. The molecular formula is C8H11N3O2. The van der Waals surface area contributed by atoms with Gasteiger partial charge in [-0.25, -0.2) is 0 Å². The Balaban J connectivity index is 2.60. The van der Waals surface area contributed by atoms with Crippen LogP contribution in [0.15, 0.2) is 0 Å². The summed E-state index contributed by atoms with van der Waals surface area (Å²) in [6.45, 7) is 1.55. The van der Waals surface area contributed by atoms with Crippen molar-refractivity contribution in [2.75, 3.05) is 0 Å². The maximum Gasteiger partial charge on any atom is 0.236 e. The van der Waals surface area contributed by atoms with E-state index in [1.165, 1.54) is 0 Å². The quantitative estimate of drug-likeness (QED) is 0.562. The fourth-order valence-electron chi connectivity index (χ4n) is 1.08. The Hall–Kier alpha value is -1.57. The minimum absolute atomic E-state index is 0.422. The molecule has 0 aliphatic heterocycles. The fourth-order valence-corrected chi connectivity index (χ4v) is 1.08. The van der Waals surface area contributed by atoms with Crippen molar-refractivity contribution in [2.24, 2.45) is 11.1 Å². The van der Waals surface area contributed by atoms with Crippen molar-refractivity contribution in [2.45, 2.75) is 25.8 Å². The number of carbonyl (C=O) groups excluding carboxylic acids is 2. The number of nitrogens with one attached hydrogen (secondary N) is 1. The van der Waals surface area contributed by atoms with Crippen molar-refractivity contribution >= 4 is 11.8 Å². The van der Waals surface area contributed by atoms with Crippen LogP contribution in [-0.4, -0.2) is 17.9 Å². The first-order chi connectivity index (χ1) is 6.03. The second-order valence-electron chi connectivity index (χ2n) is 3.27. The van der Waals surface area contributed by atoms with Gasteiger partial charge in [-0.15, -0.1) is 0 Å². The van der Waals surface area contributed by atoms with Gasteiger partial charge in [-0.05, 0) is 19.8 Å². The number of hydrogen-bond acceptors (Lipinski definition) is 3. The third-order valence-electron chi connectivity index (χ3n) is 2.20. The molecule has 1 saturated carbocycles. The molecule has 0 aromatic carbocycles. The minimum Gasteiger partial charge on any atom is -0.369 e. The summed E-state index contributed by atoms with van der Waals surface area (Å²) in [4.78, 5) is 22.2. The molecular weight excluding hydrogens is 170 g/mol. The molecule has 1 fully saturated rings. The van der Waals surface area contributed by atoms with Crippen LogP contribution in [0.4, 0.5) is 0 Å². The molecule has 1 aliphatic rings. The van der Waals surface area contributed by atoms with Gasteiger partial charge in [-0.2, -0.15) is 5.26 Å². The molecule has 5 nitrogen and oxygen atoms in total. The van der Waals surface area contributed by atoms with E-state index in [0.29, 0.717) is 12.8 Å². The predicted molar refractivity (Wildman–Crippen MR) is 44.1 cm³/mol. The average Bonchev–Trinajstić information content (AvgIpc) is 2.83. The van der Waals surface area contributed by atoms with Crippen molar-refractivity contribution < 1.29 is 9.59 Å². The number of nitrogens with two attached hydrogens (primary N) is 1. The molecule has 0 aromatic heterocycles. The Morgan fingerprint density at radius 2 is 2.15 bits per heavy atom. The Kier molecular flexibility index (Phi) is 2.24. The molecule has 1 unspecified atom stereocenters. The number of nitrogens with zero attached hydrogens (tertiary/aromatic N) is 1.